The molecule has 1 N–H and O–H groups in total. The van der Waals surface area contributed by atoms with Crippen LogP contribution in [0.15, 0.2) is 65.6 Å². The van der Waals surface area contributed by atoms with Gasteiger partial charge in [-0.1, -0.05) is 36.4 Å². The van der Waals surface area contributed by atoms with Crippen LogP contribution in [0.1, 0.15) is 17.3 Å². The second-order valence-corrected chi connectivity index (χ2v) is 9.00. The number of rotatable bonds is 6. The third-order valence-corrected chi connectivity index (χ3v) is 7.04. The van der Waals surface area contributed by atoms with Crippen LogP contribution in [0, 0.1) is 0 Å². The zero-order chi connectivity index (χ0) is 21.8. The number of hydrogen-bond donors (Lipinski definition) is 1. The summed E-state index contributed by atoms with van der Waals surface area (Å²) in [4.78, 5) is 13.0. The first kappa shape index (κ1) is 21.3. The van der Waals surface area contributed by atoms with Gasteiger partial charge in [0.15, 0.2) is 0 Å². The molecule has 1 fully saturated rings. The molecule has 1 aliphatic rings. The Morgan fingerprint density at radius 1 is 1.06 bits per heavy atom. The zero-order valence-electron chi connectivity index (χ0n) is 17.2. The number of ether oxygens (including phenoxy) is 2. The van der Waals surface area contributed by atoms with Gasteiger partial charge in [-0.25, -0.2) is 8.42 Å². The lowest BCUT2D eigenvalue weighted by Crippen LogP contribution is -2.40. The van der Waals surface area contributed by atoms with E-state index in [9.17, 15) is 13.2 Å². The number of carbonyl (C=O) groups is 1. The van der Waals surface area contributed by atoms with Crippen LogP contribution < -0.4 is 10.1 Å². The molecule has 0 spiro atoms. The molecule has 1 heterocycles. The number of anilines is 1. The molecule has 0 bridgehead atoms. The van der Waals surface area contributed by atoms with Crippen LogP contribution in [0.3, 0.4) is 0 Å². The molecular formula is C23H24N2O5S. The third kappa shape index (κ3) is 4.41. The van der Waals surface area contributed by atoms with Crippen molar-refractivity contribution in [1.29, 1.82) is 0 Å². The van der Waals surface area contributed by atoms with E-state index < -0.39 is 10.0 Å². The highest BCUT2D eigenvalue weighted by atomic mass is 32.2. The van der Waals surface area contributed by atoms with Crippen molar-refractivity contribution in [2.24, 2.45) is 0 Å². The predicted molar refractivity (Wildman–Crippen MR) is 119 cm³/mol. The van der Waals surface area contributed by atoms with Crippen molar-refractivity contribution in [3.8, 4) is 5.75 Å². The van der Waals surface area contributed by atoms with Gasteiger partial charge in [0.2, 0.25) is 10.0 Å². The van der Waals surface area contributed by atoms with Crippen LogP contribution in [-0.4, -0.2) is 51.5 Å². The first-order chi connectivity index (χ1) is 15.0. The lowest BCUT2D eigenvalue weighted by molar-refractivity contribution is 0.0729. The van der Waals surface area contributed by atoms with Gasteiger partial charge in [0, 0.05) is 24.3 Å². The SMILES string of the molecule is CCOc1ccc(NC(=O)c2cccc3ccccc23)cc1S(=O)(=O)N1CCOCC1. The first-order valence-electron chi connectivity index (χ1n) is 10.1. The van der Waals surface area contributed by atoms with E-state index in [1.54, 1.807) is 25.1 Å². The van der Waals surface area contributed by atoms with Gasteiger partial charge in [-0.3, -0.25) is 4.79 Å². The van der Waals surface area contributed by atoms with Gasteiger partial charge in [-0.2, -0.15) is 4.31 Å². The van der Waals surface area contributed by atoms with Gasteiger partial charge >= 0.3 is 0 Å². The Bertz CT molecular complexity index is 1200. The van der Waals surface area contributed by atoms with Gasteiger partial charge in [-0.05, 0) is 42.0 Å². The molecule has 0 aliphatic carbocycles. The fourth-order valence-corrected chi connectivity index (χ4v) is 5.18. The lowest BCUT2D eigenvalue weighted by atomic mass is 10.0. The number of amides is 1. The Morgan fingerprint density at radius 2 is 1.81 bits per heavy atom. The molecule has 3 aromatic carbocycles. The Kier molecular flexibility index (Phi) is 6.22. The quantitative estimate of drug-likeness (QED) is 0.634. The number of fused-ring (bicyclic) bond motifs is 1. The summed E-state index contributed by atoms with van der Waals surface area (Å²) in [6.45, 7) is 3.37. The number of nitrogens with one attached hydrogen (secondary N) is 1. The fourth-order valence-electron chi connectivity index (χ4n) is 3.61. The largest absolute Gasteiger partial charge is 0.492 e. The molecule has 4 rings (SSSR count). The summed E-state index contributed by atoms with van der Waals surface area (Å²) in [5, 5.41) is 4.62. The van der Waals surface area contributed by atoms with E-state index in [1.165, 1.54) is 10.4 Å². The Balaban J connectivity index is 1.68. The van der Waals surface area contributed by atoms with Crippen LogP contribution >= 0.6 is 0 Å². The van der Waals surface area contributed by atoms with Crippen molar-refractivity contribution in [2.45, 2.75) is 11.8 Å². The van der Waals surface area contributed by atoms with Gasteiger partial charge in [0.05, 0.1) is 19.8 Å². The molecule has 0 saturated carbocycles. The van der Waals surface area contributed by atoms with Crippen LogP contribution in [-0.2, 0) is 14.8 Å². The van der Waals surface area contributed by atoms with E-state index in [-0.39, 0.29) is 29.6 Å². The highest BCUT2D eigenvalue weighted by Crippen LogP contribution is 2.31. The monoisotopic (exact) mass is 440 g/mol. The molecule has 3 aromatic rings. The van der Waals surface area contributed by atoms with E-state index in [2.05, 4.69) is 5.32 Å². The maximum atomic E-state index is 13.2. The van der Waals surface area contributed by atoms with Crippen molar-refractivity contribution in [2.75, 3.05) is 38.2 Å². The molecular weight excluding hydrogens is 416 g/mol. The smallest absolute Gasteiger partial charge is 0.256 e. The molecule has 8 heteroatoms. The first-order valence-corrected chi connectivity index (χ1v) is 11.6. The van der Waals surface area contributed by atoms with E-state index >= 15 is 0 Å². The highest BCUT2D eigenvalue weighted by Gasteiger charge is 2.30. The van der Waals surface area contributed by atoms with Crippen molar-refractivity contribution in [1.82, 2.24) is 4.31 Å². The molecule has 0 aromatic heterocycles. The number of sulfonamides is 1. The predicted octanol–water partition coefficient (Wildman–Crippen LogP) is 3.51. The van der Waals surface area contributed by atoms with Crippen LogP contribution in [0.25, 0.3) is 10.8 Å². The Labute approximate surface area is 181 Å². The van der Waals surface area contributed by atoms with Gasteiger partial charge < -0.3 is 14.8 Å². The second kappa shape index (κ2) is 9.05. The van der Waals surface area contributed by atoms with Crippen molar-refractivity contribution in [3.05, 3.63) is 66.2 Å². The van der Waals surface area contributed by atoms with Gasteiger partial charge in [0.1, 0.15) is 10.6 Å². The summed E-state index contributed by atoms with van der Waals surface area (Å²) in [5.74, 6) is -0.0483. The van der Waals surface area contributed by atoms with Crippen LogP contribution in [0.2, 0.25) is 0 Å². The van der Waals surface area contributed by atoms with Crippen LogP contribution in [0.4, 0.5) is 5.69 Å². The average Bonchev–Trinajstić information content (AvgIpc) is 2.80. The van der Waals surface area contributed by atoms with Crippen molar-refractivity contribution < 1.29 is 22.7 Å². The number of benzene rings is 3. The molecule has 1 amide bonds. The molecule has 0 atom stereocenters. The number of nitrogens with zero attached hydrogens (tertiary/aromatic N) is 1. The summed E-state index contributed by atoms with van der Waals surface area (Å²) < 4.78 is 38.7. The molecule has 162 valence electrons. The topological polar surface area (TPSA) is 84.9 Å². The molecule has 7 nitrogen and oxygen atoms in total. The maximum absolute atomic E-state index is 13.2. The summed E-state index contributed by atoms with van der Waals surface area (Å²) in [6, 6.07) is 17.8. The maximum Gasteiger partial charge on any atom is 0.256 e. The summed E-state index contributed by atoms with van der Waals surface area (Å²) >= 11 is 0. The molecule has 0 radical (unpaired) electrons. The van der Waals surface area contributed by atoms with E-state index in [1.807, 2.05) is 36.4 Å². The summed E-state index contributed by atoms with van der Waals surface area (Å²) in [6.07, 6.45) is 0. The average molecular weight is 441 g/mol. The zero-order valence-corrected chi connectivity index (χ0v) is 18.0. The summed E-state index contributed by atoms with van der Waals surface area (Å²) in [7, 11) is -3.80. The van der Waals surface area contributed by atoms with Gasteiger partial charge in [0.25, 0.3) is 5.91 Å². The number of hydrogen-bond acceptors (Lipinski definition) is 5. The minimum absolute atomic E-state index is 0.0342. The molecule has 1 saturated heterocycles. The second-order valence-electron chi connectivity index (χ2n) is 7.09. The molecule has 1 aliphatic heterocycles. The third-order valence-electron chi connectivity index (χ3n) is 5.12. The van der Waals surface area contributed by atoms with E-state index in [0.29, 0.717) is 31.1 Å². The minimum Gasteiger partial charge on any atom is -0.492 e. The lowest BCUT2D eigenvalue weighted by Gasteiger charge is -2.27. The highest BCUT2D eigenvalue weighted by molar-refractivity contribution is 7.89. The standard InChI is InChI=1S/C23H24N2O5S/c1-2-30-21-11-10-18(16-22(21)31(27,28)25-12-14-29-15-13-25)24-23(26)20-9-5-7-17-6-3-4-8-19(17)20/h3-11,16H,2,12-15H2,1H3,(H,24,26). The molecule has 0 unspecified atom stereocenters. The normalized spacial score (nSPS) is 15.0. The number of morpholine rings is 1. The minimum atomic E-state index is -3.80. The van der Waals surface area contributed by atoms with Crippen molar-refractivity contribution in [3.63, 3.8) is 0 Å². The van der Waals surface area contributed by atoms with E-state index in [4.69, 9.17) is 9.47 Å². The summed E-state index contributed by atoms with van der Waals surface area (Å²) in [5.41, 5.74) is 0.901. The Hall–Kier alpha value is -2.94. The Morgan fingerprint density at radius 3 is 2.58 bits per heavy atom. The van der Waals surface area contributed by atoms with Crippen molar-refractivity contribution >= 4 is 32.4 Å². The van der Waals surface area contributed by atoms with Gasteiger partial charge in [-0.15, -0.1) is 0 Å². The molecule has 31 heavy (non-hydrogen) atoms. The fraction of sp³-hybridized carbons (Fsp3) is 0.261. The number of carbonyl (C=O) groups excluding carboxylic acids is 1. The van der Waals surface area contributed by atoms with E-state index in [0.717, 1.165) is 10.8 Å². The van der Waals surface area contributed by atoms with Crippen LogP contribution in [0.5, 0.6) is 5.75 Å².